The van der Waals surface area contributed by atoms with Crippen molar-refractivity contribution in [1.82, 2.24) is 4.90 Å². The fourth-order valence-corrected chi connectivity index (χ4v) is 1.68. The van der Waals surface area contributed by atoms with E-state index in [9.17, 15) is 4.79 Å². The molecule has 0 radical (unpaired) electrons. The van der Waals surface area contributed by atoms with Gasteiger partial charge in [0, 0.05) is 18.0 Å². The molecule has 0 spiro atoms. The number of nitrogens with zero attached hydrogens (tertiary/aromatic N) is 4. The van der Waals surface area contributed by atoms with Gasteiger partial charge in [-0.05, 0) is 25.3 Å². The first-order valence-electron chi connectivity index (χ1n) is 5.08. The van der Waals surface area contributed by atoms with E-state index in [1.165, 1.54) is 12.8 Å². The highest BCUT2D eigenvalue weighted by Gasteiger charge is 2.19. The largest absolute Gasteiger partial charge is 0.342 e. The summed E-state index contributed by atoms with van der Waals surface area (Å²) in [6.07, 6.45) is 4.52. The molecule has 0 aromatic heterocycles. The van der Waals surface area contributed by atoms with E-state index < -0.39 is 6.04 Å². The number of hydrogen-bond acceptors (Lipinski definition) is 2. The highest BCUT2D eigenvalue weighted by Crippen LogP contribution is 2.11. The topological polar surface area (TPSA) is 69.1 Å². The number of carbonyl (C=O) groups is 1. The van der Waals surface area contributed by atoms with Crippen molar-refractivity contribution < 1.29 is 4.79 Å². The molecule has 0 bridgehead atoms. The van der Waals surface area contributed by atoms with Crippen LogP contribution in [-0.4, -0.2) is 29.9 Å². The standard InChI is InChI=1S/C9H16N4O/c1-8(11-12-10)9(14)13-6-4-2-3-5-7-13/h8H,2-7H2,1H3. The van der Waals surface area contributed by atoms with Gasteiger partial charge < -0.3 is 4.90 Å². The summed E-state index contributed by atoms with van der Waals surface area (Å²) in [6, 6.07) is -0.557. The molecule has 78 valence electrons. The molecule has 14 heavy (non-hydrogen) atoms. The predicted molar refractivity (Wildman–Crippen MR) is 53.7 cm³/mol. The number of amides is 1. The molecular formula is C9H16N4O. The summed E-state index contributed by atoms with van der Waals surface area (Å²) < 4.78 is 0. The maximum atomic E-state index is 11.7. The van der Waals surface area contributed by atoms with Gasteiger partial charge in [-0.1, -0.05) is 18.0 Å². The molecule has 1 aliphatic heterocycles. The van der Waals surface area contributed by atoms with Gasteiger partial charge in [0.2, 0.25) is 5.91 Å². The molecule has 1 unspecified atom stereocenters. The van der Waals surface area contributed by atoms with Crippen molar-refractivity contribution in [3.05, 3.63) is 10.4 Å². The van der Waals surface area contributed by atoms with Gasteiger partial charge in [0.05, 0.1) is 0 Å². The van der Waals surface area contributed by atoms with Crippen molar-refractivity contribution in [2.45, 2.75) is 38.6 Å². The van der Waals surface area contributed by atoms with E-state index in [0.717, 1.165) is 25.9 Å². The predicted octanol–water partition coefficient (Wildman–Crippen LogP) is 2.09. The van der Waals surface area contributed by atoms with E-state index in [4.69, 9.17) is 5.53 Å². The molecule has 0 aromatic carbocycles. The smallest absolute Gasteiger partial charge is 0.231 e. The van der Waals surface area contributed by atoms with Crippen LogP contribution < -0.4 is 0 Å². The molecule has 0 N–H and O–H groups in total. The Hall–Kier alpha value is -1.22. The van der Waals surface area contributed by atoms with Crippen molar-refractivity contribution in [2.24, 2.45) is 5.11 Å². The first-order valence-corrected chi connectivity index (χ1v) is 5.08. The second kappa shape index (κ2) is 5.50. The van der Waals surface area contributed by atoms with E-state index in [-0.39, 0.29) is 5.91 Å². The van der Waals surface area contributed by atoms with E-state index in [1.807, 2.05) is 4.90 Å². The zero-order chi connectivity index (χ0) is 10.4. The lowest BCUT2D eigenvalue weighted by molar-refractivity contribution is -0.132. The number of hydrogen-bond donors (Lipinski definition) is 0. The van der Waals surface area contributed by atoms with E-state index >= 15 is 0 Å². The van der Waals surface area contributed by atoms with Crippen LogP contribution in [0.5, 0.6) is 0 Å². The van der Waals surface area contributed by atoms with Crippen LogP contribution in [0.2, 0.25) is 0 Å². The Morgan fingerprint density at radius 3 is 2.43 bits per heavy atom. The summed E-state index contributed by atoms with van der Waals surface area (Å²) in [6.45, 7) is 3.27. The third-order valence-corrected chi connectivity index (χ3v) is 2.50. The molecule has 0 aliphatic carbocycles. The second-order valence-corrected chi connectivity index (χ2v) is 3.62. The van der Waals surface area contributed by atoms with E-state index in [1.54, 1.807) is 6.92 Å². The van der Waals surface area contributed by atoms with Crippen molar-refractivity contribution in [3.8, 4) is 0 Å². The summed E-state index contributed by atoms with van der Waals surface area (Å²) in [5.74, 6) is -0.0373. The molecule has 1 aliphatic rings. The lowest BCUT2D eigenvalue weighted by Crippen LogP contribution is -2.37. The number of likely N-dealkylation sites (tertiary alicyclic amines) is 1. The molecule has 1 amide bonds. The lowest BCUT2D eigenvalue weighted by atomic mass is 10.2. The molecule has 5 nitrogen and oxygen atoms in total. The number of azide groups is 1. The minimum Gasteiger partial charge on any atom is -0.342 e. The Morgan fingerprint density at radius 1 is 1.36 bits per heavy atom. The zero-order valence-electron chi connectivity index (χ0n) is 8.52. The highest BCUT2D eigenvalue weighted by molar-refractivity contribution is 5.81. The van der Waals surface area contributed by atoms with Crippen molar-refractivity contribution in [3.63, 3.8) is 0 Å². The number of carbonyl (C=O) groups excluding carboxylic acids is 1. The molecule has 1 atom stereocenters. The molecule has 1 heterocycles. The zero-order valence-corrected chi connectivity index (χ0v) is 8.52. The van der Waals surface area contributed by atoms with Crippen LogP contribution in [0, 0.1) is 0 Å². The summed E-state index contributed by atoms with van der Waals surface area (Å²) in [5.41, 5.74) is 8.23. The van der Waals surface area contributed by atoms with Crippen LogP contribution in [-0.2, 0) is 4.79 Å². The van der Waals surface area contributed by atoms with Crippen molar-refractivity contribution >= 4 is 5.91 Å². The van der Waals surface area contributed by atoms with Gasteiger partial charge in [0.25, 0.3) is 0 Å². The van der Waals surface area contributed by atoms with Gasteiger partial charge in [-0.25, -0.2) is 0 Å². The monoisotopic (exact) mass is 196 g/mol. The number of rotatable bonds is 2. The van der Waals surface area contributed by atoms with Gasteiger partial charge in [0.15, 0.2) is 0 Å². The van der Waals surface area contributed by atoms with Gasteiger partial charge in [-0.2, -0.15) is 0 Å². The van der Waals surface area contributed by atoms with Gasteiger partial charge in [-0.3, -0.25) is 4.79 Å². The van der Waals surface area contributed by atoms with Crippen LogP contribution in [0.25, 0.3) is 10.4 Å². The Kier molecular flexibility index (Phi) is 4.26. The molecule has 5 heteroatoms. The first-order chi connectivity index (χ1) is 6.75. The van der Waals surface area contributed by atoms with Crippen LogP contribution in [0.4, 0.5) is 0 Å². The van der Waals surface area contributed by atoms with Crippen LogP contribution in [0.15, 0.2) is 5.11 Å². The lowest BCUT2D eigenvalue weighted by Gasteiger charge is -2.21. The third-order valence-electron chi connectivity index (χ3n) is 2.50. The molecule has 1 rings (SSSR count). The van der Waals surface area contributed by atoms with Crippen molar-refractivity contribution in [2.75, 3.05) is 13.1 Å². The van der Waals surface area contributed by atoms with Crippen molar-refractivity contribution in [1.29, 1.82) is 0 Å². The van der Waals surface area contributed by atoms with Gasteiger partial charge in [-0.15, -0.1) is 0 Å². The minimum absolute atomic E-state index is 0.0373. The average molecular weight is 196 g/mol. The van der Waals surface area contributed by atoms with E-state index in [0.29, 0.717) is 0 Å². The fourth-order valence-electron chi connectivity index (χ4n) is 1.68. The van der Waals surface area contributed by atoms with Crippen LogP contribution >= 0.6 is 0 Å². The molecule has 0 saturated carbocycles. The minimum atomic E-state index is -0.557. The summed E-state index contributed by atoms with van der Waals surface area (Å²) in [4.78, 5) is 16.2. The third kappa shape index (κ3) is 2.92. The second-order valence-electron chi connectivity index (χ2n) is 3.62. The summed E-state index contributed by atoms with van der Waals surface area (Å²) >= 11 is 0. The Bertz CT molecular complexity index is 239. The SMILES string of the molecule is CC(N=[N+]=[N-])C(=O)N1CCCCCC1. The maximum absolute atomic E-state index is 11.7. The summed E-state index contributed by atoms with van der Waals surface area (Å²) in [5, 5.41) is 3.42. The summed E-state index contributed by atoms with van der Waals surface area (Å²) in [7, 11) is 0. The fraction of sp³-hybridized carbons (Fsp3) is 0.889. The maximum Gasteiger partial charge on any atom is 0.231 e. The Balaban J connectivity index is 2.53. The Morgan fingerprint density at radius 2 is 1.93 bits per heavy atom. The first kappa shape index (κ1) is 10.9. The molecular weight excluding hydrogens is 180 g/mol. The normalized spacial score (nSPS) is 19.4. The molecule has 0 aromatic rings. The average Bonchev–Trinajstić information content (AvgIpc) is 2.45. The quantitative estimate of drug-likeness (QED) is 0.378. The van der Waals surface area contributed by atoms with Gasteiger partial charge >= 0.3 is 0 Å². The molecule has 1 fully saturated rings. The Labute approximate surface area is 83.7 Å². The highest BCUT2D eigenvalue weighted by atomic mass is 16.2. The van der Waals surface area contributed by atoms with E-state index in [2.05, 4.69) is 10.0 Å². The molecule has 1 saturated heterocycles. The van der Waals surface area contributed by atoms with Crippen LogP contribution in [0.3, 0.4) is 0 Å². The van der Waals surface area contributed by atoms with Gasteiger partial charge in [0.1, 0.15) is 6.04 Å². The van der Waals surface area contributed by atoms with Crippen LogP contribution in [0.1, 0.15) is 32.6 Å².